The van der Waals surface area contributed by atoms with Gasteiger partial charge in [0.05, 0.1) is 0 Å². The summed E-state index contributed by atoms with van der Waals surface area (Å²) in [4.78, 5) is 11.2. The van der Waals surface area contributed by atoms with Crippen LogP contribution in [-0.2, 0) is 10.2 Å². The maximum atomic E-state index is 11.2. The van der Waals surface area contributed by atoms with Gasteiger partial charge in [0, 0.05) is 16.9 Å². The van der Waals surface area contributed by atoms with Gasteiger partial charge >= 0.3 is 0 Å². The number of primary amides is 1. The van der Waals surface area contributed by atoms with Crippen molar-refractivity contribution in [3.63, 3.8) is 0 Å². The van der Waals surface area contributed by atoms with Crippen molar-refractivity contribution in [2.45, 2.75) is 37.5 Å². The molecule has 0 spiro atoms. The lowest BCUT2D eigenvalue weighted by atomic mass is 9.76. The second-order valence-electron chi connectivity index (χ2n) is 4.64. The minimum absolute atomic E-state index is 0.0313. The molecule has 0 aromatic heterocycles. The SMILES string of the molecule is NC(=O)CC1(c2ccc(Cl)cc2)CCCC1. The highest BCUT2D eigenvalue weighted by atomic mass is 35.5. The van der Waals surface area contributed by atoms with E-state index in [1.807, 2.05) is 24.3 Å². The Kier molecular flexibility index (Phi) is 3.20. The van der Waals surface area contributed by atoms with Gasteiger partial charge in [-0.1, -0.05) is 36.6 Å². The molecule has 0 bridgehead atoms. The third kappa shape index (κ3) is 2.22. The highest BCUT2D eigenvalue weighted by Gasteiger charge is 2.36. The predicted octanol–water partition coefficient (Wildman–Crippen LogP) is 3.03. The Morgan fingerprint density at radius 3 is 2.31 bits per heavy atom. The molecule has 1 fully saturated rings. The maximum absolute atomic E-state index is 11.2. The molecule has 2 N–H and O–H groups in total. The molecule has 0 radical (unpaired) electrons. The summed E-state index contributed by atoms with van der Waals surface area (Å²) in [5, 5.41) is 0.732. The van der Waals surface area contributed by atoms with Crippen LogP contribution in [0.25, 0.3) is 0 Å². The van der Waals surface area contributed by atoms with Gasteiger partial charge in [-0.05, 0) is 30.5 Å². The third-order valence-corrected chi connectivity index (χ3v) is 3.78. The third-order valence-electron chi connectivity index (χ3n) is 3.53. The van der Waals surface area contributed by atoms with E-state index >= 15 is 0 Å². The molecule has 0 unspecified atom stereocenters. The Balaban J connectivity index is 2.31. The molecule has 2 nitrogen and oxygen atoms in total. The van der Waals surface area contributed by atoms with Crippen LogP contribution in [0.1, 0.15) is 37.7 Å². The second-order valence-corrected chi connectivity index (χ2v) is 5.07. The van der Waals surface area contributed by atoms with E-state index in [1.165, 1.54) is 18.4 Å². The quantitative estimate of drug-likeness (QED) is 0.863. The molecule has 1 aromatic carbocycles. The summed E-state index contributed by atoms with van der Waals surface area (Å²) in [6.45, 7) is 0. The number of halogens is 1. The van der Waals surface area contributed by atoms with Gasteiger partial charge in [-0.15, -0.1) is 0 Å². The fourth-order valence-corrected chi connectivity index (χ4v) is 2.88. The van der Waals surface area contributed by atoms with Crippen molar-refractivity contribution < 1.29 is 4.79 Å². The van der Waals surface area contributed by atoms with Crippen LogP contribution in [0.2, 0.25) is 5.02 Å². The van der Waals surface area contributed by atoms with Crippen molar-refractivity contribution >= 4 is 17.5 Å². The zero-order chi connectivity index (χ0) is 11.6. The molecule has 1 saturated carbocycles. The van der Waals surface area contributed by atoms with E-state index in [0.29, 0.717) is 6.42 Å². The van der Waals surface area contributed by atoms with Crippen LogP contribution in [0.3, 0.4) is 0 Å². The van der Waals surface area contributed by atoms with Crippen molar-refractivity contribution in [1.29, 1.82) is 0 Å². The lowest BCUT2D eigenvalue weighted by Crippen LogP contribution is -2.29. The van der Waals surface area contributed by atoms with Crippen molar-refractivity contribution in [3.8, 4) is 0 Å². The molecule has 1 aliphatic carbocycles. The van der Waals surface area contributed by atoms with E-state index < -0.39 is 0 Å². The average Bonchev–Trinajstić information content (AvgIpc) is 2.67. The predicted molar refractivity (Wildman–Crippen MR) is 65.4 cm³/mol. The fraction of sp³-hybridized carbons (Fsp3) is 0.462. The minimum Gasteiger partial charge on any atom is -0.370 e. The van der Waals surface area contributed by atoms with Gasteiger partial charge < -0.3 is 5.73 Å². The zero-order valence-electron chi connectivity index (χ0n) is 9.21. The number of carbonyl (C=O) groups is 1. The van der Waals surface area contributed by atoms with Crippen LogP contribution < -0.4 is 5.73 Å². The molecule has 0 heterocycles. The van der Waals surface area contributed by atoms with Gasteiger partial charge in [-0.2, -0.15) is 0 Å². The van der Waals surface area contributed by atoms with Gasteiger partial charge in [0.25, 0.3) is 0 Å². The first-order valence-electron chi connectivity index (χ1n) is 5.67. The van der Waals surface area contributed by atoms with Crippen LogP contribution in [0.15, 0.2) is 24.3 Å². The summed E-state index contributed by atoms with van der Waals surface area (Å²) < 4.78 is 0. The highest BCUT2D eigenvalue weighted by Crippen LogP contribution is 2.43. The van der Waals surface area contributed by atoms with Gasteiger partial charge in [0.2, 0.25) is 5.91 Å². The van der Waals surface area contributed by atoms with Crippen LogP contribution >= 0.6 is 11.6 Å². The van der Waals surface area contributed by atoms with Crippen molar-refractivity contribution in [2.75, 3.05) is 0 Å². The lowest BCUT2D eigenvalue weighted by Gasteiger charge is -2.28. The minimum atomic E-state index is -0.211. The zero-order valence-corrected chi connectivity index (χ0v) is 9.96. The Bertz CT molecular complexity index is 379. The first-order chi connectivity index (χ1) is 7.62. The van der Waals surface area contributed by atoms with E-state index in [-0.39, 0.29) is 11.3 Å². The standard InChI is InChI=1S/C13H16ClNO/c14-11-5-3-10(4-6-11)13(9-12(15)16)7-1-2-8-13/h3-6H,1-2,7-9H2,(H2,15,16). The summed E-state index contributed by atoms with van der Waals surface area (Å²) in [6, 6.07) is 7.82. The fourth-order valence-electron chi connectivity index (χ4n) is 2.76. The normalized spacial score (nSPS) is 18.6. The number of hydrogen-bond donors (Lipinski definition) is 1. The summed E-state index contributed by atoms with van der Waals surface area (Å²) >= 11 is 5.88. The molecule has 1 aliphatic rings. The van der Waals surface area contributed by atoms with Crippen molar-refractivity contribution in [1.82, 2.24) is 0 Å². The molecule has 1 aromatic rings. The summed E-state index contributed by atoms with van der Waals surface area (Å²) in [6.07, 6.45) is 4.91. The number of carbonyl (C=O) groups excluding carboxylic acids is 1. The number of benzene rings is 1. The van der Waals surface area contributed by atoms with Gasteiger partial charge in [-0.3, -0.25) is 4.79 Å². The Morgan fingerprint density at radius 1 is 1.25 bits per heavy atom. The highest BCUT2D eigenvalue weighted by molar-refractivity contribution is 6.30. The van der Waals surface area contributed by atoms with Crippen LogP contribution in [0.5, 0.6) is 0 Å². The molecule has 86 valence electrons. The first kappa shape index (κ1) is 11.5. The number of hydrogen-bond acceptors (Lipinski definition) is 1. The molecule has 0 atom stereocenters. The maximum Gasteiger partial charge on any atom is 0.218 e. The number of nitrogens with two attached hydrogens (primary N) is 1. The van der Waals surface area contributed by atoms with Crippen LogP contribution in [0, 0.1) is 0 Å². The van der Waals surface area contributed by atoms with Crippen LogP contribution in [-0.4, -0.2) is 5.91 Å². The van der Waals surface area contributed by atoms with Crippen molar-refractivity contribution in [2.24, 2.45) is 5.73 Å². The molecular weight excluding hydrogens is 222 g/mol. The van der Waals surface area contributed by atoms with Crippen LogP contribution in [0.4, 0.5) is 0 Å². The largest absolute Gasteiger partial charge is 0.370 e. The molecule has 0 aliphatic heterocycles. The number of rotatable bonds is 3. The number of amides is 1. The molecular formula is C13H16ClNO. The van der Waals surface area contributed by atoms with E-state index in [2.05, 4.69) is 0 Å². The lowest BCUT2D eigenvalue weighted by molar-refractivity contribution is -0.119. The summed E-state index contributed by atoms with van der Waals surface area (Å²) in [5.74, 6) is -0.211. The average molecular weight is 238 g/mol. The van der Waals surface area contributed by atoms with E-state index in [9.17, 15) is 4.79 Å². The molecule has 2 rings (SSSR count). The first-order valence-corrected chi connectivity index (χ1v) is 6.05. The molecule has 0 saturated heterocycles. The van der Waals surface area contributed by atoms with E-state index in [1.54, 1.807) is 0 Å². The second kappa shape index (κ2) is 4.46. The summed E-state index contributed by atoms with van der Waals surface area (Å²) in [5.41, 5.74) is 6.53. The van der Waals surface area contributed by atoms with Gasteiger partial charge in [0.15, 0.2) is 0 Å². The van der Waals surface area contributed by atoms with E-state index in [4.69, 9.17) is 17.3 Å². The monoisotopic (exact) mass is 237 g/mol. The van der Waals surface area contributed by atoms with E-state index in [0.717, 1.165) is 17.9 Å². The smallest absolute Gasteiger partial charge is 0.218 e. The Morgan fingerprint density at radius 2 is 1.81 bits per heavy atom. The van der Waals surface area contributed by atoms with Gasteiger partial charge in [0.1, 0.15) is 0 Å². The Labute approximate surface area is 101 Å². The molecule has 1 amide bonds. The molecule has 3 heteroatoms. The molecule has 16 heavy (non-hydrogen) atoms. The summed E-state index contributed by atoms with van der Waals surface area (Å²) in [7, 11) is 0. The Hall–Kier alpha value is -1.02. The van der Waals surface area contributed by atoms with Gasteiger partial charge in [-0.25, -0.2) is 0 Å². The van der Waals surface area contributed by atoms with Crippen molar-refractivity contribution in [3.05, 3.63) is 34.9 Å². The topological polar surface area (TPSA) is 43.1 Å².